The molecular formula is C16H20O3. The van der Waals surface area contributed by atoms with Gasteiger partial charge >= 0.3 is 5.97 Å². The number of ether oxygens (including phenoxy) is 1. The number of rotatable bonds is 1. The molecule has 1 aromatic rings. The lowest BCUT2D eigenvalue weighted by Gasteiger charge is -2.09. The van der Waals surface area contributed by atoms with Gasteiger partial charge in [-0.15, -0.1) is 0 Å². The molecule has 0 N–H and O–H groups in total. The second-order valence-electron chi connectivity index (χ2n) is 5.01. The Kier molecular flexibility index (Phi) is 4.25. The summed E-state index contributed by atoms with van der Waals surface area (Å²) in [7, 11) is 1.43. The van der Waals surface area contributed by atoms with E-state index in [1.165, 1.54) is 18.2 Å². The maximum atomic E-state index is 11.7. The third kappa shape index (κ3) is 3.16. The summed E-state index contributed by atoms with van der Waals surface area (Å²) in [5.74, 6) is 0.781. The third-order valence-corrected chi connectivity index (χ3v) is 3.54. The van der Waals surface area contributed by atoms with Gasteiger partial charge in [0.1, 0.15) is 5.76 Å². The highest BCUT2D eigenvalue weighted by molar-refractivity contribution is 5.88. The van der Waals surface area contributed by atoms with Gasteiger partial charge in [-0.05, 0) is 38.7 Å². The molecule has 0 spiro atoms. The second-order valence-corrected chi connectivity index (χ2v) is 5.01. The van der Waals surface area contributed by atoms with Gasteiger partial charge in [0.2, 0.25) is 0 Å². The Labute approximate surface area is 113 Å². The van der Waals surface area contributed by atoms with Crippen molar-refractivity contribution in [2.24, 2.45) is 0 Å². The van der Waals surface area contributed by atoms with Crippen molar-refractivity contribution in [1.82, 2.24) is 0 Å². The Morgan fingerprint density at radius 2 is 2.11 bits per heavy atom. The number of hydrogen-bond donors (Lipinski definition) is 0. The largest absolute Gasteiger partial charge is 0.468 e. The van der Waals surface area contributed by atoms with E-state index >= 15 is 0 Å². The van der Waals surface area contributed by atoms with E-state index in [2.05, 4.69) is 13.0 Å². The van der Waals surface area contributed by atoms with Crippen LogP contribution >= 0.6 is 0 Å². The molecule has 19 heavy (non-hydrogen) atoms. The van der Waals surface area contributed by atoms with Gasteiger partial charge in [-0.3, -0.25) is 0 Å². The predicted molar refractivity (Wildman–Crippen MR) is 73.9 cm³/mol. The molecule has 0 amide bonds. The van der Waals surface area contributed by atoms with E-state index in [0.717, 1.165) is 42.6 Å². The van der Waals surface area contributed by atoms with Gasteiger partial charge in [-0.2, -0.15) is 0 Å². The molecule has 1 heterocycles. The Balaban J connectivity index is 2.36. The van der Waals surface area contributed by atoms with Gasteiger partial charge in [0, 0.05) is 17.6 Å². The first-order valence-electron chi connectivity index (χ1n) is 6.60. The van der Waals surface area contributed by atoms with E-state index in [1.54, 1.807) is 6.26 Å². The van der Waals surface area contributed by atoms with Crippen molar-refractivity contribution in [3.05, 3.63) is 46.4 Å². The summed E-state index contributed by atoms with van der Waals surface area (Å²) in [6.07, 6.45) is 9.12. The molecular weight excluding hydrogens is 240 g/mol. The van der Waals surface area contributed by atoms with Crippen LogP contribution in [-0.2, 0) is 22.4 Å². The van der Waals surface area contributed by atoms with Gasteiger partial charge in [0.15, 0.2) is 0 Å². The van der Waals surface area contributed by atoms with Crippen molar-refractivity contribution in [3.63, 3.8) is 0 Å². The first-order valence-corrected chi connectivity index (χ1v) is 6.60. The Bertz CT molecular complexity index is 532. The first-order chi connectivity index (χ1) is 9.11. The van der Waals surface area contributed by atoms with E-state index in [1.807, 2.05) is 13.0 Å². The molecule has 1 aliphatic carbocycles. The molecule has 0 aromatic carbocycles. The molecule has 0 bridgehead atoms. The maximum absolute atomic E-state index is 11.7. The Morgan fingerprint density at radius 3 is 2.84 bits per heavy atom. The lowest BCUT2D eigenvalue weighted by molar-refractivity contribution is -0.136. The summed E-state index contributed by atoms with van der Waals surface area (Å²) in [6.45, 7) is 4.14. The minimum atomic E-state index is -0.227. The van der Waals surface area contributed by atoms with Crippen LogP contribution in [0, 0.1) is 6.92 Å². The van der Waals surface area contributed by atoms with E-state index in [9.17, 15) is 4.79 Å². The number of fused-ring (bicyclic) bond motifs is 1. The van der Waals surface area contributed by atoms with Crippen molar-refractivity contribution < 1.29 is 13.9 Å². The lowest BCUT2D eigenvalue weighted by atomic mass is 9.98. The summed E-state index contributed by atoms with van der Waals surface area (Å²) >= 11 is 0. The molecule has 0 saturated heterocycles. The van der Waals surface area contributed by atoms with Crippen LogP contribution < -0.4 is 0 Å². The van der Waals surface area contributed by atoms with Crippen molar-refractivity contribution in [3.8, 4) is 0 Å². The number of allylic oxidation sites excluding steroid dienone is 3. The summed E-state index contributed by atoms with van der Waals surface area (Å²) in [5.41, 5.74) is 4.36. The van der Waals surface area contributed by atoms with Crippen LogP contribution in [0.4, 0.5) is 0 Å². The quantitative estimate of drug-likeness (QED) is 0.573. The van der Waals surface area contributed by atoms with E-state index in [-0.39, 0.29) is 5.97 Å². The average molecular weight is 260 g/mol. The SMILES string of the molecule is COC(=O)C1=CCc2c(C)coc2C/C(C)=C\CC1. The van der Waals surface area contributed by atoms with Gasteiger partial charge in [0.25, 0.3) is 0 Å². The van der Waals surface area contributed by atoms with Crippen molar-refractivity contribution in [1.29, 1.82) is 0 Å². The van der Waals surface area contributed by atoms with Crippen LogP contribution in [0.15, 0.2) is 34.0 Å². The number of carbonyl (C=O) groups excluding carboxylic acids is 1. The molecule has 0 radical (unpaired) electrons. The highest BCUT2D eigenvalue weighted by atomic mass is 16.5. The monoisotopic (exact) mass is 260 g/mol. The molecule has 3 heteroatoms. The zero-order chi connectivity index (χ0) is 13.8. The number of methoxy groups -OCH3 is 1. The molecule has 102 valence electrons. The smallest absolute Gasteiger partial charge is 0.333 e. The molecule has 1 aromatic heterocycles. The van der Waals surface area contributed by atoms with Crippen LogP contribution in [0.25, 0.3) is 0 Å². The molecule has 0 saturated carbocycles. The van der Waals surface area contributed by atoms with Crippen LogP contribution in [0.3, 0.4) is 0 Å². The average Bonchev–Trinajstić information content (AvgIpc) is 2.74. The van der Waals surface area contributed by atoms with E-state index in [4.69, 9.17) is 9.15 Å². The van der Waals surface area contributed by atoms with Crippen LogP contribution in [0.5, 0.6) is 0 Å². The topological polar surface area (TPSA) is 39.4 Å². The number of aryl methyl sites for hydroxylation is 1. The molecule has 0 unspecified atom stereocenters. The third-order valence-electron chi connectivity index (χ3n) is 3.54. The van der Waals surface area contributed by atoms with Crippen molar-refractivity contribution >= 4 is 5.97 Å². The highest BCUT2D eigenvalue weighted by Gasteiger charge is 2.14. The number of furan rings is 1. The zero-order valence-corrected chi connectivity index (χ0v) is 11.8. The van der Waals surface area contributed by atoms with E-state index < -0.39 is 0 Å². The molecule has 3 nitrogen and oxygen atoms in total. The second kappa shape index (κ2) is 5.91. The van der Waals surface area contributed by atoms with Crippen LogP contribution in [0.1, 0.15) is 36.7 Å². The molecule has 0 fully saturated rings. The Hall–Kier alpha value is -1.77. The van der Waals surface area contributed by atoms with Crippen LogP contribution in [0.2, 0.25) is 0 Å². The highest BCUT2D eigenvalue weighted by Crippen LogP contribution is 2.23. The normalized spacial score (nSPS) is 18.9. The molecule has 0 atom stereocenters. The van der Waals surface area contributed by atoms with Gasteiger partial charge < -0.3 is 9.15 Å². The van der Waals surface area contributed by atoms with Gasteiger partial charge in [-0.25, -0.2) is 4.79 Å². The summed E-state index contributed by atoms with van der Waals surface area (Å²) in [5, 5.41) is 0. The maximum Gasteiger partial charge on any atom is 0.333 e. The van der Waals surface area contributed by atoms with Gasteiger partial charge in [-0.1, -0.05) is 17.7 Å². The van der Waals surface area contributed by atoms with Crippen molar-refractivity contribution in [2.75, 3.05) is 7.11 Å². The Morgan fingerprint density at radius 1 is 1.32 bits per heavy atom. The summed E-state index contributed by atoms with van der Waals surface area (Å²) < 4.78 is 10.5. The van der Waals surface area contributed by atoms with Crippen molar-refractivity contribution in [2.45, 2.75) is 39.5 Å². The fourth-order valence-corrected chi connectivity index (χ4v) is 2.39. The molecule has 1 aliphatic rings. The first kappa shape index (κ1) is 13.7. The summed E-state index contributed by atoms with van der Waals surface area (Å²) in [4.78, 5) is 11.7. The fourth-order valence-electron chi connectivity index (χ4n) is 2.39. The molecule has 2 rings (SSSR count). The fraction of sp³-hybridized carbons (Fsp3) is 0.438. The minimum absolute atomic E-state index is 0.227. The number of esters is 1. The minimum Gasteiger partial charge on any atom is -0.468 e. The number of carbonyl (C=O) groups is 1. The molecule has 0 aliphatic heterocycles. The van der Waals surface area contributed by atoms with Gasteiger partial charge in [0.05, 0.1) is 13.4 Å². The standard InChI is InChI=1S/C16H20O3/c1-11-5-4-6-13(16(17)18-3)7-8-14-12(2)10-19-15(14)9-11/h5,7,10H,4,6,8-9H2,1-3H3/b11-5-,13-7?. The van der Waals surface area contributed by atoms with E-state index in [0.29, 0.717) is 0 Å². The number of hydrogen-bond acceptors (Lipinski definition) is 3. The predicted octanol–water partition coefficient (Wildman–Crippen LogP) is 3.51. The lowest BCUT2D eigenvalue weighted by Crippen LogP contribution is -2.06. The summed E-state index contributed by atoms with van der Waals surface area (Å²) in [6, 6.07) is 0. The zero-order valence-electron chi connectivity index (χ0n) is 11.8. The van der Waals surface area contributed by atoms with Crippen LogP contribution in [-0.4, -0.2) is 13.1 Å².